The molecule has 0 saturated heterocycles. The number of carbonyl (C=O) groups excluding carboxylic acids is 1. The quantitative estimate of drug-likeness (QED) is 0.376. The molecule has 0 radical (unpaired) electrons. The Kier molecular flexibility index (Phi) is 9.86. The summed E-state index contributed by atoms with van der Waals surface area (Å²) in [6, 6.07) is 8.84. The molecule has 3 N–H and O–H groups in total. The number of nitrogens with one attached hydrogen (secondary N) is 1. The number of rotatable bonds is 12. The fourth-order valence-corrected chi connectivity index (χ4v) is 4.26. The smallest absolute Gasteiger partial charge is 0.326 e. The first-order chi connectivity index (χ1) is 11.8. The topological polar surface area (TPSA) is 104 Å². The Labute approximate surface area is 152 Å². The first-order valence-electron chi connectivity index (χ1n) is 8.20. The Morgan fingerprint density at radius 3 is 2.52 bits per heavy atom. The first-order valence-corrected chi connectivity index (χ1v) is 11.6. The Balaban J connectivity index is 2.35. The van der Waals surface area contributed by atoms with Gasteiger partial charge < -0.3 is 15.3 Å². The number of aryl methyl sites for hydroxylation is 1. The van der Waals surface area contributed by atoms with Crippen molar-refractivity contribution < 1.29 is 24.2 Å². The molecule has 6 nitrogen and oxygen atoms in total. The number of thioether (sulfide) groups is 1. The van der Waals surface area contributed by atoms with Gasteiger partial charge in [0.1, 0.15) is 12.2 Å². The SMILES string of the molecule is CSCC[C@H](NC(=O)CP(=O)(O)CCCCc1ccccc1)C(=O)O. The van der Waals surface area contributed by atoms with Gasteiger partial charge in [-0.2, -0.15) is 11.8 Å². The van der Waals surface area contributed by atoms with Crippen molar-refractivity contribution in [2.24, 2.45) is 0 Å². The van der Waals surface area contributed by atoms with Crippen LogP contribution in [-0.2, 0) is 20.6 Å². The van der Waals surface area contributed by atoms with Crippen molar-refractivity contribution in [2.75, 3.05) is 24.3 Å². The number of carbonyl (C=O) groups is 2. The third-order valence-electron chi connectivity index (χ3n) is 3.70. The lowest BCUT2D eigenvalue weighted by Gasteiger charge is -2.16. The highest BCUT2D eigenvalue weighted by Gasteiger charge is 2.26. The van der Waals surface area contributed by atoms with E-state index < -0.39 is 31.4 Å². The largest absolute Gasteiger partial charge is 0.480 e. The van der Waals surface area contributed by atoms with Crippen molar-refractivity contribution in [3.05, 3.63) is 35.9 Å². The van der Waals surface area contributed by atoms with Crippen molar-refractivity contribution in [1.29, 1.82) is 0 Å². The number of amides is 1. The summed E-state index contributed by atoms with van der Waals surface area (Å²) in [4.78, 5) is 32.9. The van der Waals surface area contributed by atoms with Crippen LogP contribution in [0.25, 0.3) is 0 Å². The van der Waals surface area contributed by atoms with Crippen LogP contribution in [0.4, 0.5) is 0 Å². The molecule has 0 saturated carbocycles. The second-order valence-electron chi connectivity index (χ2n) is 5.91. The van der Waals surface area contributed by atoms with Gasteiger partial charge in [-0.3, -0.25) is 9.36 Å². The van der Waals surface area contributed by atoms with E-state index in [4.69, 9.17) is 5.11 Å². The van der Waals surface area contributed by atoms with Gasteiger partial charge >= 0.3 is 5.97 Å². The average Bonchev–Trinajstić information content (AvgIpc) is 2.55. The number of hydrogen-bond acceptors (Lipinski definition) is 4. The van der Waals surface area contributed by atoms with Crippen LogP contribution in [0.5, 0.6) is 0 Å². The van der Waals surface area contributed by atoms with Gasteiger partial charge in [0.2, 0.25) is 13.3 Å². The molecular formula is C17H26NO5PS. The molecule has 8 heteroatoms. The molecule has 0 bridgehead atoms. The number of carboxylic acids is 1. The molecule has 1 unspecified atom stereocenters. The molecule has 0 fully saturated rings. The van der Waals surface area contributed by atoms with E-state index in [1.165, 1.54) is 17.3 Å². The summed E-state index contributed by atoms with van der Waals surface area (Å²) < 4.78 is 12.1. The Morgan fingerprint density at radius 1 is 1.24 bits per heavy atom. The second kappa shape index (κ2) is 11.3. The number of hydrogen-bond donors (Lipinski definition) is 3. The summed E-state index contributed by atoms with van der Waals surface area (Å²) in [5.41, 5.74) is 1.17. The third-order valence-corrected chi connectivity index (χ3v) is 6.14. The molecule has 2 atom stereocenters. The zero-order chi connectivity index (χ0) is 18.7. The van der Waals surface area contributed by atoms with E-state index in [9.17, 15) is 19.0 Å². The van der Waals surface area contributed by atoms with Gasteiger partial charge in [0.15, 0.2) is 0 Å². The maximum absolute atomic E-state index is 12.1. The van der Waals surface area contributed by atoms with E-state index >= 15 is 0 Å². The molecule has 1 aromatic carbocycles. The molecule has 0 aliphatic rings. The summed E-state index contributed by atoms with van der Waals surface area (Å²) in [5, 5.41) is 11.4. The van der Waals surface area contributed by atoms with E-state index in [2.05, 4.69) is 5.32 Å². The van der Waals surface area contributed by atoms with Crippen LogP contribution in [0.1, 0.15) is 24.8 Å². The standard InChI is InChI=1S/C17H26NO5PS/c1-25-12-10-15(17(20)21)18-16(19)13-24(22,23)11-6-5-9-14-7-3-2-4-8-14/h2-4,7-8,15H,5-6,9-13H2,1H3,(H,18,19)(H,20,21)(H,22,23)/t15-/m0/s1. The van der Waals surface area contributed by atoms with Gasteiger partial charge in [0, 0.05) is 6.16 Å². The molecule has 1 amide bonds. The van der Waals surface area contributed by atoms with Crippen LogP contribution in [0, 0.1) is 0 Å². The van der Waals surface area contributed by atoms with Gasteiger partial charge in [-0.05, 0) is 43.3 Å². The van der Waals surface area contributed by atoms with Crippen molar-refractivity contribution in [3.63, 3.8) is 0 Å². The van der Waals surface area contributed by atoms with Gasteiger partial charge in [-0.15, -0.1) is 0 Å². The Morgan fingerprint density at radius 2 is 1.92 bits per heavy atom. The van der Waals surface area contributed by atoms with Crippen LogP contribution in [-0.4, -0.2) is 52.3 Å². The van der Waals surface area contributed by atoms with Crippen LogP contribution in [0.3, 0.4) is 0 Å². The van der Waals surface area contributed by atoms with Gasteiger partial charge in [0.25, 0.3) is 0 Å². The highest BCUT2D eigenvalue weighted by Crippen LogP contribution is 2.41. The van der Waals surface area contributed by atoms with E-state index in [1.54, 1.807) is 0 Å². The van der Waals surface area contributed by atoms with E-state index in [1.807, 2.05) is 36.6 Å². The van der Waals surface area contributed by atoms with E-state index in [0.717, 1.165) is 12.8 Å². The third kappa shape index (κ3) is 9.68. The van der Waals surface area contributed by atoms with Crippen molar-refractivity contribution in [3.8, 4) is 0 Å². The predicted octanol–water partition coefficient (Wildman–Crippen LogP) is 2.60. The summed E-state index contributed by atoms with van der Waals surface area (Å²) in [6.07, 6.45) is 3.81. The minimum absolute atomic E-state index is 0.0653. The molecule has 0 aliphatic heterocycles. The van der Waals surface area contributed by atoms with E-state index in [0.29, 0.717) is 12.2 Å². The normalized spacial score (nSPS) is 14.5. The first kappa shape index (κ1) is 21.7. The fourth-order valence-electron chi connectivity index (χ4n) is 2.37. The zero-order valence-electron chi connectivity index (χ0n) is 14.4. The maximum atomic E-state index is 12.1. The second-order valence-corrected chi connectivity index (χ2v) is 9.35. The molecule has 140 valence electrons. The van der Waals surface area contributed by atoms with Crippen molar-refractivity contribution in [2.45, 2.75) is 31.7 Å². The van der Waals surface area contributed by atoms with Crippen LogP contribution < -0.4 is 5.32 Å². The summed E-state index contributed by atoms with van der Waals surface area (Å²) in [5.74, 6) is -1.21. The average molecular weight is 387 g/mol. The highest BCUT2D eigenvalue weighted by molar-refractivity contribution is 7.98. The minimum atomic E-state index is -3.59. The molecule has 0 aromatic heterocycles. The lowest BCUT2D eigenvalue weighted by molar-refractivity contribution is -0.141. The molecule has 0 spiro atoms. The van der Waals surface area contributed by atoms with Crippen LogP contribution in [0.2, 0.25) is 0 Å². The molecule has 25 heavy (non-hydrogen) atoms. The monoisotopic (exact) mass is 387 g/mol. The number of aliphatic carboxylic acids is 1. The Bertz CT molecular complexity index is 596. The van der Waals surface area contributed by atoms with Crippen molar-refractivity contribution in [1.82, 2.24) is 5.32 Å². The lowest BCUT2D eigenvalue weighted by Crippen LogP contribution is -2.42. The maximum Gasteiger partial charge on any atom is 0.326 e. The molecule has 0 aliphatic carbocycles. The number of benzene rings is 1. The summed E-state index contributed by atoms with van der Waals surface area (Å²) in [7, 11) is -3.59. The number of carboxylic acid groups (broad SMARTS) is 1. The lowest BCUT2D eigenvalue weighted by atomic mass is 10.1. The van der Waals surface area contributed by atoms with Crippen molar-refractivity contribution >= 4 is 31.0 Å². The van der Waals surface area contributed by atoms with Gasteiger partial charge in [-0.1, -0.05) is 30.3 Å². The molecule has 1 aromatic rings. The van der Waals surface area contributed by atoms with Gasteiger partial charge in [-0.25, -0.2) is 4.79 Å². The Hall–Kier alpha value is -1.30. The molecular weight excluding hydrogens is 361 g/mol. The zero-order valence-corrected chi connectivity index (χ0v) is 16.1. The summed E-state index contributed by atoms with van der Waals surface area (Å²) >= 11 is 1.48. The van der Waals surface area contributed by atoms with Crippen LogP contribution >= 0.6 is 19.1 Å². The van der Waals surface area contributed by atoms with Gasteiger partial charge in [0.05, 0.1) is 0 Å². The minimum Gasteiger partial charge on any atom is -0.480 e. The fraction of sp³-hybridized carbons (Fsp3) is 0.529. The van der Waals surface area contributed by atoms with Crippen LogP contribution in [0.15, 0.2) is 30.3 Å². The number of unbranched alkanes of at least 4 members (excludes halogenated alkanes) is 1. The van der Waals surface area contributed by atoms with E-state index in [-0.39, 0.29) is 12.6 Å². The predicted molar refractivity (Wildman–Crippen MR) is 102 cm³/mol. The molecule has 1 rings (SSSR count). The highest BCUT2D eigenvalue weighted by atomic mass is 32.2. The summed E-state index contributed by atoms with van der Waals surface area (Å²) in [6.45, 7) is 0. The molecule has 0 heterocycles.